The standard InChI is InChI=1S/C21H23ClN6O2/c1-26(2)10-4-11-27-12-9-17-19(21(27)29)23-24-20-18(14-5-7-15(22)8-6-14)16(13-30-3)25-28(17)20/h5-9,12H,4,10-11,13H2,1-3H3. The maximum Gasteiger partial charge on any atom is 0.280 e. The van der Waals surface area contributed by atoms with Crippen LogP contribution in [0.5, 0.6) is 0 Å². The Balaban J connectivity index is 1.86. The van der Waals surface area contributed by atoms with Crippen LogP contribution in [-0.4, -0.2) is 57.0 Å². The molecule has 0 N–H and O–H groups in total. The molecule has 0 unspecified atom stereocenters. The van der Waals surface area contributed by atoms with Crippen LogP contribution in [0.2, 0.25) is 5.02 Å². The summed E-state index contributed by atoms with van der Waals surface area (Å²) in [5.74, 6) is 0. The van der Waals surface area contributed by atoms with Crippen LogP contribution >= 0.6 is 11.6 Å². The van der Waals surface area contributed by atoms with E-state index in [-0.39, 0.29) is 5.56 Å². The van der Waals surface area contributed by atoms with E-state index in [2.05, 4.69) is 20.2 Å². The molecule has 156 valence electrons. The lowest BCUT2D eigenvalue weighted by atomic mass is 10.1. The molecule has 4 rings (SSSR count). The maximum atomic E-state index is 12.9. The number of hydrogen-bond acceptors (Lipinski definition) is 6. The second-order valence-corrected chi connectivity index (χ2v) is 7.84. The fourth-order valence-electron chi connectivity index (χ4n) is 3.51. The summed E-state index contributed by atoms with van der Waals surface area (Å²) in [6, 6.07) is 9.32. The Morgan fingerprint density at radius 2 is 1.90 bits per heavy atom. The van der Waals surface area contributed by atoms with E-state index < -0.39 is 0 Å². The highest BCUT2D eigenvalue weighted by molar-refractivity contribution is 6.30. The molecular weight excluding hydrogens is 404 g/mol. The zero-order chi connectivity index (χ0) is 21.3. The number of hydrogen-bond donors (Lipinski definition) is 0. The van der Waals surface area contributed by atoms with Crippen LogP contribution in [0.3, 0.4) is 0 Å². The van der Waals surface area contributed by atoms with Crippen molar-refractivity contribution < 1.29 is 4.74 Å². The zero-order valence-electron chi connectivity index (χ0n) is 17.2. The molecule has 0 bridgehead atoms. The van der Waals surface area contributed by atoms with Gasteiger partial charge >= 0.3 is 0 Å². The summed E-state index contributed by atoms with van der Waals surface area (Å²) >= 11 is 6.04. The van der Waals surface area contributed by atoms with Crippen LogP contribution in [0.4, 0.5) is 0 Å². The number of pyridine rings is 1. The molecule has 0 aliphatic heterocycles. The maximum absolute atomic E-state index is 12.9. The highest BCUT2D eigenvalue weighted by Crippen LogP contribution is 2.30. The Morgan fingerprint density at radius 3 is 2.60 bits per heavy atom. The molecule has 1 aromatic carbocycles. The van der Waals surface area contributed by atoms with Crippen LogP contribution in [-0.2, 0) is 17.9 Å². The number of rotatable bonds is 7. The van der Waals surface area contributed by atoms with E-state index in [1.54, 1.807) is 22.4 Å². The van der Waals surface area contributed by atoms with E-state index in [9.17, 15) is 4.79 Å². The topological polar surface area (TPSA) is 77.5 Å². The highest BCUT2D eigenvalue weighted by atomic mass is 35.5. The normalized spacial score (nSPS) is 11.8. The molecule has 0 amide bonds. The molecule has 3 heterocycles. The first-order chi connectivity index (χ1) is 14.5. The first kappa shape index (κ1) is 20.5. The first-order valence-electron chi connectivity index (χ1n) is 9.66. The number of methoxy groups -OCH3 is 1. The second-order valence-electron chi connectivity index (χ2n) is 7.40. The average Bonchev–Trinajstić information content (AvgIpc) is 3.09. The van der Waals surface area contributed by atoms with Crippen molar-refractivity contribution in [2.75, 3.05) is 27.7 Å². The Morgan fingerprint density at radius 1 is 1.13 bits per heavy atom. The predicted molar refractivity (Wildman–Crippen MR) is 117 cm³/mol. The Hall–Kier alpha value is -2.81. The molecular formula is C21H23ClN6O2. The number of ether oxygens (including phenoxy) is 1. The molecule has 9 heteroatoms. The summed E-state index contributed by atoms with van der Waals surface area (Å²) in [4.78, 5) is 15.0. The van der Waals surface area contributed by atoms with Crippen molar-refractivity contribution in [1.29, 1.82) is 0 Å². The van der Waals surface area contributed by atoms with Gasteiger partial charge in [-0.25, -0.2) is 4.52 Å². The van der Waals surface area contributed by atoms with Gasteiger partial charge in [-0.2, -0.15) is 5.10 Å². The number of benzene rings is 1. The summed E-state index contributed by atoms with van der Waals surface area (Å²) in [7, 11) is 5.64. The van der Waals surface area contributed by atoms with Crippen LogP contribution < -0.4 is 5.56 Å². The van der Waals surface area contributed by atoms with Crippen molar-refractivity contribution >= 4 is 28.3 Å². The van der Waals surface area contributed by atoms with E-state index in [0.29, 0.717) is 34.9 Å². The van der Waals surface area contributed by atoms with E-state index in [4.69, 9.17) is 16.3 Å². The molecule has 0 saturated carbocycles. The summed E-state index contributed by atoms with van der Waals surface area (Å²) in [6.45, 7) is 1.83. The smallest absolute Gasteiger partial charge is 0.280 e. The van der Waals surface area contributed by atoms with Gasteiger partial charge in [-0.15, -0.1) is 10.2 Å². The summed E-state index contributed by atoms with van der Waals surface area (Å²) < 4.78 is 8.69. The lowest BCUT2D eigenvalue weighted by Gasteiger charge is -2.11. The first-order valence-corrected chi connectivity index (χ1v) is 10.0. The molecule has 0 atom stereocenters. The van der Waals surface area contributed by atoms with Gasteiger partial charge in [0.2, 0.25) is 0 Å². The van der Waals surface area contributed by atoms with Gasteiger partial charge in [0.1, 0.15) is 5.52 Å². The monoisotopic (exact) mass is 426 g/mol. The van der Waals surface area contributed by atoms with E-state index >= 15 is 0 Å². The molecule has 0 fully saturated rings. The quantitative estimate of drug-likeness (QED) is 0.452. The van der Waals surface area contributed by atoms with Gasteiger partial charge < -0.3 is 14.2 Å². The molecule has 8 nitrogen and oxygen atoms in total. The number of nitrogens with zero attached hydrogens (tertiary/aromatic N) is 6. The minimum absolute atomic E-state index is 0.169. The van der Waals surface area contributed by atoms with Gasteiger partial charge in [-0.05, 0) is 50.8 Å². The van der Waals surface area contributed by atoms with E-state index in [1.807, 2.05) is 44.4 Å². The SMILES string of the molecule is COCc1nn2c(nnc3c(=O)n(CCCN(C)C)ccc32)c1-c1ccc(Cl)cc1. The number of halogens is 1. The third-order valence-corrected chi connectivity index (χ3v) is 5.20. The molecule has 0 radical (unpaired) electrons. The summed E-state index contributed by atoms with van der Waals surface area (Å²) in [6.07, 6.45) is 2.66. The molecule has 0 aliphatic rings. The van der Waals surface area contributed by atoms with E-state index in [1.165, 1.54) is 0 Å². The minimum Gasteiger partial charge on any atom is -0.378 e. The number of aromatic nitrogens is 5. The van der Waals surface area contributed by atoms with Gasteiger partial charge in [-0.3, -0.25) is 4.79 Å². The summed E-state index contributed by atoms with van der Waals surface area (Å²) in [5.41, 5.74) is 3.76. The van der Waals surface area contributed by atoms with Crippen molar-refractivity contribution in [1.82, 2.24) is 29.3 Å². The molecule has 3 aromatic heterocycles. The van der Waals surface area contributed by atoms with Crippen molar-refractivity contribution in [3.05, 3.63) is 57.6 Å². The third-order valence-electron chi connectivity index (χ3n) is 4.94. The second kappa shape index (κ2) is 8.51. The molecule has 0 saturated heterocycles. The lowest BCUT2D eigenvalue weighted by Crippen LogP contribution is -2.24. The average molecular weight is 427 g/mol. The Labute approximate surface area is 178 Å². The molecule has 0 aliphatic carbocycles. The summed E-state index contributed by atoms with van der Waals surface area (Å²) in [5, 5.41) is 14.0. The van der Waals surface area contributed by atoms with Gasteiger partial charge in [0.25, 0.3) is 5.56 Å². The lowest BCUT2D eigenvalue weighted by molar-refractivity contribution is 0.181. The van der Waals surface area contributed by atoms with Crippen LogP contribution in [0.1, 0.15) is 12.1 Å². The number of aryl methyl sites for hydroxylation is 1. The molecule has 4 aromatic rings. The number of fused-ring (bicyclic) bond motifs is 3. The van der Waals surface area contributed by atoms with Crippen molar-refractivity contribution in [3.8, 4) is 11.1 Å². The minimum atomic E-state index is -0.169. The fourth-order valence-corrected chi connectivity index (χ4v) is 3.64. The van der Waals surface area contributed by atoms with E-state index in [0.717, 1.165) is 29.8 Å². The predicted octanol–water partition coefficient (Wildman–Crippen LogP) is 2.86. The largest absolute Gasteiger partial charge is 0.378 e. The van der Waals surface area contributed by atoms with Crippen molar-refractivity contribution in [3.63, 3.8) is 0 Å². The zero-order valence-corrected chi connectivity index (χ0v) is 17.9. The van der Waals surface area contributed by atoms with Gasteiger partial charge in [0.15, 0.2) is 11.2 Å². The Bertz CT molecular complexity index is 1250. The van der Waals surface area contributed by atoms with Gasteiger partial charge in [0.05, 0.1) is 17.9 Å². The van der Waals surface area contributed by atoms with Crippen LogP contribution in [0.15, 0.2) is 41.3 Å². The Kier molecular flexibility index (Phi) is 5.80. The third kappa shape index (κ3) is 3.81. The molecule has 0 spiro atoms. The van der Waals surface area contributed by atoms with Crippen molar-refractivity contribution in [2.45, 2.75) is 19.6 Å². The highest BCUT2D eigenvalue weighted by Gasteiger charge is 2.19. The van der Waals surface area contributed by atoms with Crippen LogP contribution in [0, 0.1) is 0 Å². The van der Waals surface area contributed by atoms with Crippen molar-refractivity contribution in [2.24, 2.45) is 0 Å². The van der Waals surface area contributed by atoms with Crippen LogP contribution in [0.25, 0.3) is 27.8 Å². The van der Waals surface area contributed by atoms with Gasteiger partial charge in [0, 0.05) is 24.9 Å². The van der Waals surface area contributed by atoms with Gasteiger partial charge in [-0.1, -0.05) is 23.7 Å². The fraction of sp³-hybridized carbons (Fsp3) is 0.333. The molecule has 30 heavy (non-hydrogen) atoms.